The maximum Gasteiger partial charge on any atom is 0.203 e. The summed E-state index contributed by atoms with van der Waals surface area (Å²) in [6.07, 6.45) is 1.72. The van der Waals surface area contributed by atoms with Gasteiger partial charge in [0.1, 0.15) is 18.2 Å². The molecule has 0 radical (unpaired) electrons. The van der Waals surface area contributed by atoms with Gasteiger partial charge in [-0.1, -0.05) is 30.3 Å². The van der Waals surface area contributed by atoms with Crippen molar-refractivity contribution in [2.24, 2.45) is 5.10 Å². The van der Waals surface area contributed by atoms with Crippen LogP contribution in [0.3, 0.4) is 0 Å². The van der Waals surface area contributed by atoms with Crippen LogP contribution in [0.4, 0.5) is 9.52 Å². The average molecular weight is 403 g/mol. The summed E-state index contributed by atoms with van der Waals surface area (Å²) < 4.78 is 18.8. The van der Waals surface area contributed by atoms with Crippen LogP contribution in [0.2, 0.25) is 0 Å². The number of halogens is 1. The molecule has 1 N–H and O–H groups in total. The molecular formula is C23H18FN3OS. The molecule has 0 saturated heterocycles. The van der Waals surface area contributed by atoms with Gasteiger partial charge in [0.05, 0.1) is 11.9 Å². The number of benzene rings is 3. The molecule has 3 aromatic carbocycles. The first-order valence-corrected chi connectivity index (χ1v) is 9.91. The van der Waals surface area contributed by atoms with Crippen LogP contribution in [-0.2, 0) is 6.61 Å². The van der Waals surface area contributed by atoms with Gasteiger partial charge in [0, 0.05) is 10.9 Å². The van der Waals surface area contributed by atoms with E-state index >= 15 is 0 Å². The highest BCUT2D eigenvalue weighted by Crippen LogP contribution is 2.25. The molecule has 0 unspecified atom stereocenters. The van der Waals surface area contributed by atoms with Gasteiger partial charge in [0.25, 0.3) is 0 Å². The van der Waals surface area contributed by atoms with Crippen LogP contribution in [-0.4, -0.2) is 11.2 Å². The van der Waals surface area contributed by atoms with Gasteiger partial charge in [0.15, 0.2) is 0 Å². The van der Waals surface area contributed by atoms with Gasteiger partial charge < -0.3 is 4.74 Å². The van der Waals surface area contributed by atoms with Crippen molar-refractivity contribution in [3.05, 3.63) is 101 Å². The molecule has 0 aliphatic carbocycles. The zero-order valence-electron chi connectivity index (χ0n) is 15.5. The van der Waals surface area contributed by atoms with Crippen LogP contribution in [0.5, 0.6) is 5.75 Å². The Morgan fingerprint density at radius 1 is 0.966 bits per heavy atom. The predicted octanol–water partition coefficient (Wildman–Crippen LogP) is 5.97. The minimum Gasteiger partial charge on any atom is -0.489 e. The molecule has 144 valence electrons. The van der Waals surface area contributed by atoms with E-state index < -0.39 is 0 Å². The smallest absolute Gasteiger partial charge is 0.203 e. The number of nitrogens with zero attached hydrogens (tertiary/aromatic N) is 2. The Hall–Kier alpha value is -3.51. The Labute approximate surface area is 172 Å². The summed E-state index contributed by atoms with van der Waals surface area (Å²) in [5, 5.41) is 6.80. The fraction of sp³-hybridized carbons (Fsp3) is 0.0435. The number of rotatable bonds is 7. The molecule has 4 nitrogen and oxygen atoms in total. The molecule has 29 heavy (non-hydrogen) atoms. The van der Waals surface area contributed by atoms with Crippen LogP contribution in [0.15, 0.2) is 89.3 Å². The van der Waals surface area contributed by atoms with Crippen molar-refractivity contribution in [3.63, 3.8) is 0 Å². The Kier molecular flexibility index (Phi) is 5.92. The van der Waals surface area contributed by atoms with Crippen molar-refractivity contribution in [1.29, 1.82) is 0 Å². The van der Waals surface area contributed by atoms with E-state index in [2.05, 4.69) is 15.5 Å². The highest BCUT2D eigenvalue weighted by atomic mass is 32.1. The highest BCUT2D eigenvalue weighted by Gasteiger charge is 2.04. The van der Waals surface area contributed by atoms with E-state index in [0.717, 1.165) is 28.1 Å². The Morgan fingerprint density at radius 3 is 2.48 bits per heavy atom. The zero-order chi connectivity index (χ0) is 19.9. The van der Waals surface area contributed by atoms with Gasteiger partial charge in [0.2, 0.25) is 5.13 Å². The molecule has 1 aromatic heterocycles. The quantitative estimate of drug-likeness (QED) is 0.305. The van der Waals surface area contributed by atoms with E-state index in [1.807, 2.05) is 60.0 Å². The maximum absolute atomic E-state index is 13.0. The zero-order valence-corrected chi connectivity index (χ0v) is 16.3. The standard InChI is InChI=1S/C23H18FN3OS/c24-20-10-8-19(9-11-20)22-16-29-23(26-22)27-25-14-17-6-12-21(13-7-17)28-15-18-4-2-1-3-5-18/h1-14,16H,15H2,(H,26,27). The Balaban J connectivity index is 1.31. The van der Waals surface area contributed by atoms with E-state index in [0.29, 0.717) is 11.7 Å². The molecule has 0 aliphatic rings. The summed E-state index contributed by atoms with van der Waals surface area (Å²) in [4.78, 5) is 4.46. The lowest BCUT2D eigenvalue weighted by atomic mass is 10.2. The maximum atomic E-state index is 13.0. The van der Waals surface area contributed by atoms with Crippen molar-refractivity contribution in [2.45, 2.75) is 6.61 Å². The molecule has 6 heteroatoms. The third-order valence-corrected chi connectivity index (χ3v) is 4.89. The lowest BCUT2D eigenvalue weighted by molar-refractivity contribution is 0.306. The minimum absolute atomic E-state index is 0.261. The number of ether oxygens (including phenoxy) is 1. The SMILES string of the molecule is Fc1ccc(-c2csc(NN=Cc3ccc(OCc4ccccc4)cc3)n2)cc1. The van der Waals surface area contributed by atoms with Crippen LogP contribution in [0.25, 0.3) is 11.3 Å². The van der Waals surface area contributed by atoms with Gasteiger partial charge in [-0.2, -0.15) is 5.10 Å². The van der Waals surface area contributed by atoms with Crippen molar-refractivity contribution < 1.29 is 9.13 Å². The van der Waals surface area contributed by atoms with Gasteiger partial charge in [-0.05, 0) is 59.7 Å². The number of hydrazone groups is 1. The van der Waals surface area contributed by atoms with Gasteiger partial charge in [-0.3, -0.25) is 5.43 Å². The number of anilines is 1. The molecule has 0 amide bonds. The predicted molar refractivity (Wildman–Crippen MR) is 116 cm³/mol. The first kappa shape index (κ1) is 18.8. The number of aromatic nitrogens is 1. The average Bonchev–Trinajstić information content (AvgIpc) is 3.23. The third-order valence-electron chi connectivity index (χ3n) is 4.15. The van der Waals surface area contributed by atoms with Gasteiger partial charge >= 0.3 is 0 Å². The Bertz CT molecular complexity index is 1080. The number of thiazole rings is 1. The summed E-state index contributed by atoms with van der Waals surface area (Å²) in [5.74, 6) is 0.547. The van der Waals surface area contributed by atoms with E-state index in [9.17, 15) is 4.39 Å². The number of nitrogens with one attached hydrogen (secondary N) is 1. The summed E-state index contributed by atoms with van der Waals surface area (Å²) in [5.41, 5.74) is 6.65. The van der Waals surface area contributed by atoms with Crippen LogP contribution >= 0.6 is 11.3 Å². The molecule has 0 aliphatic heterocycles. The van der Waals surface area contributed by atoms with Crippen molar-refractivity contribution in [1.82, 2.24) is 4.98 Å². The molecule has 1 heterocycles. The summed E-state index contributed by atoms with van der Waals surface area (Å²) in [6, 6.07) is 24.0. The first-order valence-electron chi connectivity index (χ1n) is 9.03. The summed E-state index contributed by atoms with van der Waals surface area (Å²) in [7, 11) is 0. The van der Waals surface area contributed by atoms with Crippen molar-refractivity contribution in [2.75, 3.05) is 5.43 Å². The fourth-order valence-corrected chi connectivity index (χ4v) is 3.30. The molecule has 0 spiro atoms. The molecular weight excluding hydrogens is 385 g/mol. The largest absolute Gasteiger partial charge is 0.489 e. The van der Waals surface area contributed by atoms with Crippen molar-refractivity contribution >= 4 is 22.7 Å². The normalized spacial score (nSPS) is 10.9. The molecule has 4 rings (SSSR count). The van der Waals surface area contributed by atoms with E-state index in [4.69, 9.17) is 4.74 Å². The fourth-order valence-electron chi connectivity index (χ4n) is 2.63. The van der Waals surface area contributed by atoms with Crippen LogP contribution < -0.4 is 10.2 Å². The first-order chi connectivity index (χ1) is 14.3. The third kappa shape index (κ3) is 5.27. The van der Waals surface area contributed by atoms with Crippen LogP contribution in [0, 0.1) is 5.82 Å². The van der Waals surface area contributed by atoms with Crippen molar-refractivity contribution in [3.8, 4) is 17.0 Å². The van der Waals surface area contributed by atoms with E-state index in [-0.39, 0.29) is 5.82 Å². The lowest BCUT2D eigenvalue weighted by Gasteiger charge is -2.06. The van der Waals surface area contributed by atoms with Crippen LogP contribution in [0.1, 0.15) is 11.1 Å². The van der Waals surface area contributed by atoms with Gasteiger partial charge in [-0.15, -0.1) is 11.3 Å². The van der Waals surface area contributed by atoms with E-state index in [1.165, 1.54) is 23.5 Å². The summed E-state index contributed by atoms with van der Waals surface area (Å²) in [6.45, 7) is 0.538. The number of hydrogen-bond acceptors (Lipinski definition) is 5. The molecule has 0 fully saturated rings. The molecule has 0 bridgehead atoms. The second kappa shape index (κ2) is 9.12. The topological polar surface area (TPSA) is 46.5 Å². The summed E-state index contributed by atoms with van der Waals surface area (Å²) >= 11 is 1.44. The minimum atomic E-state index is -0.261. The lowest BCUT2D eigenvalue weighted by Crippen LogP contribution is -1.95. The second-order valence-corrected chi connectivity index (χ2v) is 7.12. The molecule has 0 atom stereocenters. The van der Waals surface area contributed by atoms with Gasteiger partial charge in [-0.25, -0.2) is 9.37 Å². The molecule has 0 saturated carbocycles. The number of hydrogen-bond donors (Lipinski definition) is 1. The molecule has 4 aromatic rings. The Morgan fingerprint density at radius 2 is 1.72 bits per heavy atom. The van der Waals surface area contributed by atoms with E-state index in [1.54, 1.807) is 18.3 Å². The highest BCUT2D eigenvalue weighted by molar-refractivity contribution is 7.14. The monoisotopic (exact) mass is 403 g/mol. The second-order valence-electron chi connectivity index (χ2n) is 6.26.